The van der Waals surface area contributed by atoms with Crippen LogP contribution in [0.15, 0.2) is 12.1 Å². The Morgan fingerprint density at radius 3 is 2.22 bits per heavy atom. The van der Waals surface area contributed by atoms with E-state index in [0.29, 0.717) is 23.7 Å². The first-order chi connectivity index (χ1) is 8.69. The molecule has 1 unspecified atom stereocenters. The van der Waals surface area contributed by atoms with E-state index in [1.807, 2.05) is 6.07 Å². The molecule has 1 rings (SSSR count). The lowest BCUT2D eigenvalue weighted by Crippen LogP contribution is -2.03. The van der Waals surface area contributed by atoms with Crippen LogP contribution in [-0.2, 0) is 0 Å². The van der Waals surface area contributed by atoms with E-state index in [1.54, 1.807) is 27.4 Å². The molecule has 0 fully saturated rings. The largest absolute Gasteiger partial charge is 0.493 e. The monoisotopic (exact) mass is 254 g/mol. The molecule has 0 aliphatic carbocycles. The number of unbranched alkanes of at least 4 members (excludes halogenated alkanes) is 1. The van der Waals surface area contributed by atoms with Crippen molar-refractivity contribution in [2.24, 2.45) is 0 Å². The van der Waals surface area contributed by atoms with Gasteiger partial charge in [-0.25, -0.2) is 0 Å². The molecule has 0 bridgehead atoms. The molecular weight excluding hydrogens is 232 g/mol. The Morgan fingerprint density at radius 2 is 1.72 bits per heavy atom. The van der Waals surface area contributed by atoms with Crippen LogP contribution in [0.2, 0.25) is 0 Å². The highest BCUT2D eigenvalue weighted by molar-refractivity contribution is 5.56. The van der Waals surface area contributed by atoms with Crippen molar-refractivity contribution >= 4 is 0 Å². The van der Waals surface area contributed by atoms with E-state index < -0.39 is 6.10 Å². The first-order valence-corrected chi connectivity index (χ1v) is 6.16. The lowest BCUT2D eigenvalue weighted by atomic mass is 10.0. The van der Waals surface area contributed by atoms with Gasteiger partial charge in [0.15, 0.2) is 11.5 Å². The zero-order valence-electron chi connectivity index (χ0n) is 11.5. The number of aliphatic hydroxyl groups is 1. The van der Waals surface area contributed by atoms with Crippen molar-refractivity contribution in [1.29, 1.82) is 0 Å². The second-order valence-electron chi connectivity index (χ2n) is 4.08. The van der Waals surface area contributed by atoms with Crippen LogP contribution in [-0.4, -0.2) is 26.4 Å². The lowest BCUT2D eigenvalue weighted by molar-refractivity contribution is 0.159. The van der Waals surface area contributed by atoms with E-state index >= 15 is 0 Å². The summed E-state index contributed by atoms with van der Waals surface area (Å²) in [5, 5.41) is 10.2. The molecule has 4 nitrogen and oxygen atoms in total. The molecule has 18 heavy (non-hydrogen) atoms. The van der Waals surface area contributed by atoms with Crippen molar-refractivity contribution in [2.45, 2.75) is 32.3 Å². The molecule has 0 saturated heterocycles. The molecule has 1 N–H and O–H groups in total. The molecule has 0 spiro atoms. The fourth-order valence-electron chi connectivity index (χ4n) is 1.94. The van der Waals surface area contributed by atoms with Crippen molar-refractivity contribution < 1.29 is 19.3 Å². The fraction of sp³-hybridized carbons (Fsp3) is 0.571. The molecule has 0 heterocycles. The maximum Gasteiger partial charge on any atom is 0.203 e. The summed E-state index contributed by atoms with van der Waals surface area (Å²) < 4.78 is 15.8. The van der Waals surface area contributed by atoms with Crippen molar-refractivity contribution in [2.75, 3.05) is 21.3 Å². The Bertz CT molecular complexity index is 376. The second-order valence-corrected chi connectivity index (χ2v) is 4.08. The molecule has 0 amide bonds. The van der Waals surface area contributed by atoms with Crippen molar-refractivity contribution in [3.8, 4) is 17.2 Å². The third-order valence-electron chi connectivity index (χ3n) is 2.92. The Morgan fingerprint density at radius 1 is 1.06 bits per heavy atom. The number of ether oxygens (including phenoxy) is 3. The Kier molecular flexibility index (Phi) is 5.78. The minimum absolute atomic E-state index is 0.521. The predicted molar refractivity (Wildman–Crippen MR) is 70.6 cm³/mol. The first-order valence-electron chi connectivity index (χ1n) is 6.16. The van der Waals surface area contributed by atoms with Gasteiger partial charge in [0.25, 0.3) is 0 Å². The van der Waals surface area contributed by atoms with Gasteiger partial charge in [-0.15, -0.1) is 0 Å². The van der Waals surface area contributed by atoms with Crippen molar-refractivity contribution in [3.05, 3.63) is 17.7 Å². The Balaban J connectivity index is 3.11. The molecule has 0 radical (unpaired) electrons. The second kappa shape index (κ2) is 7.11. The number of benzene rings is 1. The summed E-state index contributed by atoms with van der Waals surface area (Å²) in [5.74, 6) is 1.66. The average Bonchev–Trinajstić information content (AvgIpc) is 2.42. The van der Waals surface area contributed by atoms with Crippen LogP contribution in [0, 0.1) is 0 Å². The highest BCUT2D eigenvalue weighted by Gasteiger charge is 2.20. The van der Waals surface area contributed by atoms with E-state index in [4.69, 9.17) is 14.2 Å². The summed E-state index contributed by atoms with van der Waals surface area (Å²) in [4.78, 5) is 0. The van der Waals surface area contributed by atoms with E-state index in [2.05, 4.69) is 6.92 Å². The van der Waals surface area contributed by atoms with Crippen LogP contribution < -0.4 is 14.2 Å². The first kappa shape index (κ1) is 14.6. The van der Waals surface area contributed by atoms with Gasteiger partial charge in [0.1, 0.15) is 0 Å². The van der Waals surface area contributed by atoms with Gasteiger partial charge >= 0.3 is 0 Å². The smallest absolute Gasteiger partial charge is 0.203 e. The number of hydrogen-bond donors (Lipinski definition) is 1. The highest BCUT2D eigenvalue weighted by Crippen LogP contribution is 2.42. The van der Waals surface area contributed by atoms with E-state index in [1.165, 1.54) is 0 Å². The molecule has 0 aliphatic heterocycles. The number of aliphatic hydroxyl groups excluding tert-OH is 1. The number of methoxy groups -OCH3 is 3. The molecule has 0 aromatic heterocycles. The van der Waals surface area contributed by atoms with Gasteiger partial charge in [0.2, 0.25) is 5.75 Å². The minimum Gasteiger partial charge on any atom is -0.493 e. The van der Waals surface area contributed by atoms with Crippen LogP contribution in [0.3, 0.4) is 0 Å². The SMILES string of the molecule is CCCCC(O)c1ccc(OC)c(OC)c1OC. The van der Waals surface area contributed by atoms with Gasteiger partial charge in [-0.05, 0) is 18.6 Å². The summed E-state index contributed by atoms with van der Waals surface area (Å²) in [6, 6.07) is 3.60. The Hall–Kier alpha value is -1.42. The fourth-order valence-corrected chi connectivity index (χ4v) is 1.94. The molecule has 1 aromatic carbocycles. The third kappa shape index (κ3) is 3.07. The lowest BCUT2D eigenvalue weighted by Gasteiger charge is -2.18. The van der Waals surface area contributed by atoms with Crippen LogP contribution in [0.1, 0.15) is 37.9 Å². The van der Waals surface area contributed by atoms with Crippen LogP contribution >= 0.6 is 0 Å². The molecule has 1 atom stereocenters. The number of hydrogen-bond acceptors (Lipinski definition) is 4. The summed E-state index contributed by atoms with van der Waals surface area (Å²) in [6.45, 7) is 2.10. The maximum absolute atomic E-state index is 10.2. The van der Waals surface area contributed by atoms with Crippen LogP contribution in [0.5, 0.6) is 17.2 Å². The molecule has 102 valence electrons. The van der Waals surface area contributed by atoms with Gasteiger partial charge in [0.05, 0.1) is 27.4 Å². The third-order valence-corrected chi connectivity index (χ3v) is 2.92. The van der Waals surface area contributed by atoms with Gasteiger partial charge in [0, 0.05) is 5.56 Å². The predicted octanol–water partition coefficient (Wildman–Crippen LogP) is 2.94. The quantitative estimate of drug-likeness (QED) is 0.812. The molecular formula is C14H22O4. The summed E-state index contributed by atoms with van der Waals surface area (Å²) in [6.07, 6.45) is 2.19. The van der Waals surface area contributed by atoms with Crippen LogP contribution in [0.25, 0.3) is 0 Å². The van der Waals surface area contributed by atoms with Crippen molar-refractivity contribution in [3.63, 3.8) is 0 Å². The topological polar surface area (TPSA) is 47.9 Å². The molecule has 4 heteroatoms. The molecule has 1 aromatic rings. The molecule has 0 saturated carbocycles. The van der Waals surface area contributed by atoms with E-state index in [0.717, 1.165) is 18.4 Å². The Labute approximate surface area is 108 Å². The number of rotatable bonds is 7. The highest BCUT2D eigenvalue weighted by atomic mass is 16.5. The van der Waals surface area contributed by atoms with Gasteiger partial charge < -0.3 is 19.3 Å². The van der Waals surface area contributed by atoms with Crippen LogP contribution in [0.4, 0.5) is 0 Å². The van der Waals surface area contributed by atoms with Crippen molar-refractivity contribution in [1.82, 2.24) is 0 Å². The summed E-state index contributed by atoms with van der Waals surface area (Å²) in [5.41, 5.74) is 0.739. The summed E-state index contributed by atoms with van der Waals surface area (Å²) >= 11 is 0. The minimum atomic E-state index is -0.542. The van der Waals surface area contributed by atoms with Gasteiger partial charge in [-0.2, -0.15) is 0 Å². The standard InChI is InChI=1S/C14H22O4/c1-5-6-7-11(15)10-8-9-12(16-2)14(18-4)13(10)17-3/h8-9,11,15H,5-7H2,1-4H3. The normalized spacial score (nSPS) is 12.1. The van der Waals surface area contributed by atoms with E-state index in [9.17, 15) is 5.11 Å². The van der Waals surface area contributed by atoms with Gasteiger partial charge in [-0.1, -0.05) is 19.8 Å². The van der Waals surface area contributed by atoms with Gasteiger partial charge in [-0.3, -0.25) is 0 Å². The average molecular weight is 254 g/mol. The zero-order valence-corrected chi connectivity index (χ0v) is 11.5. The zero-order chi connectivity index (χ0) is 13.5. The van der Waals surface area contributed by atoms with E-state index in [-0.39, 0.29) is 0 Å². The maximum atomic E-state index is 10.2. The molecule has 0 aliphatic rings. The summed E-state index contributed by atoms with van der Waals surface area (Å²) in [7, 11) is 4.69.